The van der Waals surface area contributed by atoms with Crippen molar-refractivity contribution in [3.63, 3.8) is 0 Å². The van der Waals surface area contributed by atoms with Gasteiger partial charge in [-0.05, 0) is 30.0 Å². The molecule has 2 aromatic carbocycles. The maximum Gasteiger partial charge on any atom is 0.473 e. The van der Waals surface area contributed by atoms with Crippen LogP contribution in [0.25, 0.3) is 10.9 Å². The van der Waals surface area contributed by atoms with E-state index >= 15 is 0 Å². The minimum absolute atomic E-state index is 0.141. The fraction of sp³-hybridized carbons (Fsp3) is 0.292. The zero-order valence-electron chi connectivity index (χ0n) is 18.6. The van der Waals surface area contributed by atoms with E-state index in [4.69, 9.17) is 4.84 Å². The molecule has 0 radical (unpaired) electrons. The van der Waals surface area contributed by atoms with Gasteiger partial charge < -0.3 is 20.2 Å². The zero-order valence-corrected chi connectivity index (χ0v) is 18.6. The van der Waals surface area contributed by atoms with Crippen molar-refractivity contribution in [3.05, 3.63) is 78.0 Å². The van der Waals surface area contributed by atoms with Crippen LogP contribution < -0.4 is 10.8 Å². The number of nitrogens with zero attached hydrogens (tertiary/aromatic N) is 1. The number of carbonyl (C=O) groups excluding carboxylic acids is 2. The molecule has 1 aromatic heterocycles. The maximum absolute atomic E-state index is 12.9. The third kappa shape index (κ3) is 7.11. The first-order valence-corrected chi connectivity index (χ1v) is 10.9. The summed E-state index contributed by atoms with van der Waals surface area (Å²) in [5.41, 5.74) is 4.11. The molecule has 0 unspecified atom stereocenters. The third-order valence-electron chi connectivity index (χ3n) is 5.10. The van der Waals surface area contributed by atoms with Crippen LogP contribution in [-0.4, -0.2) is 46.0 Å². The van der Waals surface area contributed by atoms with Gasteiger partial charge in [0.15, 0.2) is 0 Å². The topological polar surface area (TPSA) is 121 Å². The van der Waals surface area contributed by atoms with Gasteiger partial charge in [0.1, 0.15) is 11.7 Å². The number of hydroxylamine groups is 1. The molecule has 1 heterocycles. The molecule has 0 spiro atoms. The lowest BCUT2D eigenvalue weighted by Crippen LogP contribution is -2.50. The van der Waals surface area contributed by atoms with Crippen molar-refractivity contribution in [1.29, 1.82) is 0 Å². The van der Waals surface area contributed by atoms with Crippen molar-refractivity contribution < 1.29 is 24.5 Å². The first-order valence-electron chi connectivity index (χ1n) is 10.9. The lowest BCUT2D eigenvalue weighted by molar-refractivity contribution is -0.154. The van der Waals surface area contributed by atoms with Crippen LogP contribution in [0.4, 0.5) is 0 Å². The molecule has 0 saturated carbocycles. The van der Waals surface area contributed by atoms with Gasteiger partial charge in [0.25, 0.3) is 5.91 Å². The molecule has 172 valence electrons. The highest BCUT2D eigenvalue weighted by Crippen LogP contribution is 2.13. The Hall–Kier alpha value is -3.27. The van der Waals surface area contributed by atoms with Gasteiger partial charge in [0.05, 0.1) is 11.5 Å². The Morgan fingerprint density at radius 1 is 1.00 bits per heavy atom. The number of para-hydroxylation sites is 1. The van der Waals surface area contributed by atoms with E-state index in [1.807, 2.05) is 62.4 Å². The van der Waals surface area contributed by atoms with Crippen molar-refractivity contribution in [2.24, 2.45) is 5.92 Å². The summed E-state index contributed by atoms with van der Waals surface area (Å²) in [6.45, 7) is 3.82. The van der Waals surface area contributed by atoms with Gasteiger partial charge in [-0.2, -0.15) is 5.48 Å². The average molecular weight is 449 g/mol. The van der Waals surface area contributed by atoms with Crippen LogP contribution in [0.2, 0.25) is 0 Å². The molecule has 0 saturated heterocycles. The smallest absolute Gasteiger partial charge is 0.426 e. The highest BCUT2D eigenvalue weighted by molar-refractivity contribution is 6.43. The van der Waals surface area contributed by atoms with Crippen LogP contribution in [0.1, 0.15) is 36.3 Å². The molecule has 3 rings (SSSR count). The van der Waals surface area contributed by atoms with Crippen molar-refractivity contribution in [3.8, 4) is 0 Å². The summed E-state index contributed by atoms with van der Waals surface area (Å²) < 4.78 is 0. The highest BCUT2D eigenvalue weighted by Gasteiger charge is 2.29. The lowest BCUT2D eigenvalue weighted by Gasteiger charge is -2.22. The summed E-state index contributed by atoms with van der Waals surface area (Å²) in [7, 11) is -1.70. The van der Waals surface area contributed by atoms with Gasteiger partial charge in [0, 0.05) is 11.8 Å². The fourth-order valence-electron chi connectivity index (χ4n) is 3.41. The van der Waals surface area contributed by atoms with Crippen molar-refractivity contribution >= 4 is 29.9 Å². The second kappa shape index (κ2) is 11.6. The number of rotatable bonds is 10. The summed E-state index contributed by atoms with van der Waals surface area (Å²) in [5.74, 6) is -1.98. The molecule has 2 atom stereocenters. The monoisotopic (exact) mass is 449 g/mol. The minimum Gasteiger partial charge on any atom is -0.426 e. The summed E-state index contributed by atoms with van der Waals surface area (Å²) in [6, 6.07) is 19.0. The molecular formula is C24H28BN3O5. The Kier molecular flexibility index (Phi) is 8.54. The molecule has 4 N–H and O–H groups in total. The van der Waals surface area contributed by atoms with Gasteiger partial charge in [-0.25, -0.2) is 9.78 Å². The Labute approximate surface area is 193 Å². The quantitative estimate of drug-likeness (QED) is 0.276. The zero-order chi connectivity index (χ0) is 23.8. The molecule has 8 nitrogen and oxygen atoms in total. The van der Waals surface area contributed by atoms with E-state index in [1.54, 1.807) is 18.2 Å². The van der Waals surface area contributed by atoms with E-state index in [9.17, 15) is 19.6 Å². The van der Waals surface area contributed by atoms with E-state index in [0.717, 1.165) is 10.9 Å². The summed E-state index contributed by atoms with van der Waals surface area (Å²) >= 11 is 0. The molecule has 0 aliphatic carbocycles. The van der Waals surface area contributed by atoms with E-state index < -0.39 is 31.0 Å². The number of benzene rings is 2. The number of pyridine rings is 1. The minimum atomic E-state index is -1.70. The van der Waals surface area contributed by atoms with E-state index in [2.05, 4.69) is 15.8 Å². The summed E-state index contributed by atoms with van der Waals surface area (Å²) in [4.78, 5) is 35.3. The second-order valence-electron chi connectivity index (χ2n) is 8.29. The molecular weight excluding hydrogens is 421 g/mol. The molecule has 0 aliphatic rings. The first kappa shape index (κ1) is 24.4. The number of fused-ring (bicyclic) bond motifs is 1. The number of carbonyl (C=O) groups is 2. The number of amides is 1. The second-order valence-corrected chi connectivity index (χ2v) is 8.29. The fourth-order valence-corrected chi connectivity index (χ4v) is 3.41. The van der Waals surface area contributed by atoms with Crippen LogP contribution in [0, 0.1) is 5.92 Å². The van der Waals surface area contributed by atoms with Gasteiger partial charge in [-0.15, -0.1) is 0 Å². The first-order chi connectivity index (χ1) is 15.8. The summed E-state index contributed by atoms with van der Waals surface area (Å²) in [6.07, 6.45) is 0.568. The molecule has 3 aromatic rings. The third-order valence-corrected chi connectivity index (χ3v) is 5.10. The van der Waals surface area contributed by atoms with Crippen molar-refractivity contribution in [2.45, 2.75) is 38.7 Å². The SMILES string of the molecule is CC(C)C[C@H](NOC(=O)[C@H](Cc1ccccc1)NC(=O)c1ccc2ccccc2n1)B(O)O. The maximum atomic E-state index is 12.9. The normalized spacial score (nSPS) is 12.9. The van der Waals surface area contributed by atoms with Crippen LogP contribution in [0.5, 0.6) is 0 Å². The largest absolute Gasteiger partial charge is 0.473 e. The lowest BCUT2D eigenvalue weighted by atomic mass is 9.76. The van der Waals surface area contributed by atoms with E-state index in [0.29, 0.717) is 11.9 Å². The highest BCUT2D eigenvalue weighted by atomic mass is 16.7. The van der Waals surface area contributed by atoms with Crippen molar-refractivity contribution in [1.82, 2.24) is 15.8 Å². The van der Waals surface area contributed by atoms with Gasteiger partial charge in [-0.1, -0.05) is 68.4 Å². The Morgan fingerprint density at radius 3 is 2.39 bits per heavy atom. The standard InChI is InChI=1S/C24H28BN3O5/c1-16(2)14-22(25(31)32)28-33-24(30)21(15-17-8-4-3-5-9-17)27-23(29)20-13-12-18-10-6-7-11-19(18)26-20/h3-13,16,21-22,28,31-32H,14-15H2,1-2H3,(H,27,29)/t21-,22-/m0/s1. The average Bonchev–Trinajstić information content (AvgIpc) is 2.81. The Balaban J connectivity index is 1.75. The van der Waals surface area contributed by atoms with Crippen LogP contribution in [0.3, 0.4) is 0 Å². The number of hydrogen-bond acceptors (Lipinski definition) is 7. The van der Waals surface area contributed by atoms with Gasteiger partial charge in [-0.3, -0.25) is 4.79 Å². The van der Waals surface area contributed by atoms with Crippen LogP contribution in [0.15, 0.2) is 66.7 Å². The molecule has 9 heteroatoms. The van der Waals surface area contributed by atoms with Gasteiger partial charge >= 0.3 is 13.1 Å². The van der Waals surface area contributed by atoms with E-state index in [-0.39, 0.29) is 18.0 Å². The molecule has 0 bridgehead atoms. The van der Waals surface area contributed by atoms with Crippen LogP contribution >= 0.6 is 0 Å². The molecule has 0 fully saturated rings. The number of aromatic nitrogens is 1. The Bertz CT molecular complexity index is 1080. The predicted octanol–water partition coefficient (Wildman–Crippen LogP) is 2.05. The van der Waals surface area contributed by atoms with E-state index in [1.165, 1.54) is 0 Å². The van der Waals surface area contributed by atoms with Crippen LogP contribution in [-0.2, 0) is 16.1 Å². The molecule has 33 heavy (non-hydrogen) atoms. The number of nitrogens with one attached hydrogen (secondary N) is 2. The predicted molar refractivity (Wildman–Crippen MR) is 126 cm³/mol. The summed E-state index contributed by atoms with van der Waals surface area (Å²) in [5, 5.41) is 22.7. The Morgan fingerprint density at radius 2 is 1.70 bits per heavy atom. The molecule has 1 amide bonds. The van der Waals surface area contributed by atoms with Crippen molar-refractivity contribution in [2.75, 3.05) is 0 Å². The number of hydrogen-bond donors (Lipinski definition) is 4. The molecule has 0 aliphatic heterocycles. The van der Waals surface area contributed by atoms with Gasteiger partial charge in [0.2, 0.25) is 0 Å².